The first-order chi connectivity index (χ1) is 38.1. The van der Waals surface area contributed by atoms with Crippen LogP contribution in [0.5, 0.6) is 0 Å². The Bertz CT molecular complexity index is 3370. The lowest BCUT2D eigenvalue weighted by Gasteiger charge is -2.64. The van der Waals surface area contributed by atoms with E-state index >= 15 is 0 Å². The van der Waals surface area contributed by atoms with Crippen LogP contribution in [0.2, 0.25) is 0 Å². The van der Waals surface area contributed by atoms with E-state index in [1.807, 2.05) is 0 Å². The maximum Gasteiger partial charge on any atom is 0.240 e. The minimum absolute atomic E-state index is 0.0492. The zero-order valence-electron chi connectivity index (χ0n) is 43.6. The van der Waals surface area contributed by atoms with Gasteiger partial charge in [0, 0.05) is 16.4 Å². The fourth-order valence-corrected chi connectivity index (χ4v) is 24.3. The molecule has 6 heteroatoms. The van der Waals surface area contributed by atoms with Crippen molar-refractivity contribution in [2.75, 3.05) is 9.80 Å². The Labute approximate surface area is 454 Å². The van der Waals surface area contributed by atoms with E-state index in [0.717, 1.165) is 29.2 Å². The molecule has 8 aromatic carbocycles. The van der Waals surface area contributed by atoms with E-state index in [1.165, 1.54) is 130 Å². The molecule has 0 saturated heterocycles. The van der Waals surface area contributed by atoms with Crippen molar-refractivity contribution >= 4 is 63.5 Å². The van der Waals surface area contributed by atoms with Gasteiger partial charge in [0.2, 0.25) is 11.9 Å². The van der Waals surface area contributed by atoms with Gasteiger partial charge in [0.1, 0.15) is 0 Å². The Morgan fingerprint density at radius 1 is 0.312 bits per heavy atom. The van der Waals surface area contributed by atoms with Crippen LogP contribution in [0.25, 0.3) is 11.4 Å². The number of aromatic nitrogens is 3. The molecule has 8 bridgehead atoms. The van der Waals surface area contributed by atoms with E-state index in [2.05, 4.69) is 222 Å². The summed E-state index contributed by atoms with van der Waals surface area (Å²) in [5, 5.41) is 5.21. The Hall–Kier alpha value is -7.41. The summed E-state index contributed by atoms with van der Waals surface area (Å²) in [4.78, 5) is 22.8. The molecule has 1 aromatic heterocycles. The van der Waals surface area contributed by atoms with Crippen molar-refractivity contribution in [3.05, 3.63) is 235 Å². The lowest BCUT2D eigenvalue weighted by molar-refractivity contribution is -0.0419. The molecule has 0 amide bonds. The molecule has 8 fully saturated rings. The third-order valence-electron chi connectivity index (χ3n) is 21.4. The molecule has 3 heterocycles. The Morgan fingerprint density at radius 3 is 0.961 bits per heavy atom. The van der Waals surface area contributed by atoms with Crippen molar-refractivity contribution in [1.82, 2.24) is 15.0 Å². The molecule has 0 radical (unpaired) electrons. The standard InChI is InChI=1S/C71H63N5Si/c1-4-20-54(21-5-1)77(55-22-6-2-7-23-55,56-24-8-3-9-25-56)66-35-19-10-26-57(66)67-72-68(75-62-31-15-11-27-58(62)70(59-28-12-16-32-63(59)75)50-38-46-36-47(40-50)41-51(70)39-46)74-69(73-67)76-64-33-17-13-29-60(64)71(61-30-14-18-34-65(61)76)52-42-48-37-49(44-52)45-53(71)43-48/h1-35,46-53H,36-45H2. The van der Waals surface area contributed by atoms with Crippen LogP contribution < -0.4 is 30.5 Å². The molecular weight excluding hydrogens is 951 g/mol. The highest BCUT2D eigenvalue weighted by Crippen LogP contribution is 2.71. The van der Waals surface area contributed by atoms with Crippen LogP contribution in [-0.4, -0.2) is 23.0 Å². The van der Waals surface area contributed by atoms with Gasteiger partial charge < -0.3 is 0 Å². The maximum absolute atomic E-state index is 5.96. The highest BCUT2D eigenvalue weighted by molar-refractivity contribution is 7.20. The molecule has 0 unspecified atom stereocenters. The second kappa shape index (κ2) is 16.8. The van der Waals surface area contributed by atoms with Gasteiger partial charge in [-0.05, 0) is 179 Å². The maximum atomic E-state index is 5.96. The minimum atomic E-state index is -3.08. The number of nitrogens with zero attached hydrogens (tertiary/aromatic N) is 5. The molecular formula is C71H63N5Si. The van der Waals surface area contributed by atoms with Crippen LogP contribution in [-0.2, 0) is 10.8 Å². The molecule has 2 aliphatic heterocycles. The SMILES string of the molecule is c1ccc([Si](c2ccccc2)(c2ccccc2)c2ccccc2-c2nc(N3c4ccccc4C4(c5ccccc53)C3CC5CC(C3)CC4C5)nc(N3c4ccccc4C4(c5ccccc53)C3CC5CC(C3)CC4C5)n2)cc1. The quantitative estimate of drug-likeness (QED) is 0.118. The predicted octanol–water partition coefficient (Wildman–Crippen LogP) is 14.0. The van der Waals surface area contributed by atoms with E-state index in [-0.39, 0.29) is 10.8 Å². The second-order valence-corrected chi connectivity index (χ2v) is 28.5. The number of fused-ring (bicyclic) bond motifs is 4. The number of hydrogen-bond donors (Lipinski definition) is 0. The summed E-state index contributed by atoms with van der Waals surface area (Å²) in [6.07, 6.45) is 13.4. The van der Waals surface area contributed by atoms with Crippen LogP contribution in [0.15, 0.2) is 212 Å². The number of hydrogen-bond acceptors (Lipinski definition) is 5. The summed E-state index contributed by atoms with van der Waals surface area (Å²) in [6.45, 7) is 0. The normalized spacial score (nSPS) is 26.1. The van der Waals surface area contributed by atoms with E-state index in [4.69, 9.17) is 15.0 Å². The molecule has 0 N–H and O–H groups in total. The number of para-hydroxylation sites is 4. The molecule has 9 aromatic rings. The Kier molecular flexibility index (Phi) is 9.75. The molecule has 10 aliphatic rings. The summed E-state index contributed by atoms with van der Waals surface area (Å²) in [5.41, 5.74) is 11.6. The predicted molar refractivity (Wildman–Crippen MR) is 314 cm³/mol. The molecule has 2 spiro atoms. The largest absolute Gasteiger partial charge is 0.278 e. The van der Waals surface area contributed by atoms with Gasteiger partial charge in [-0.2, -0.15) is 15.0 Å². The van der Waals surface area contributed by atoms with Crippen molar-refractivity contribution in [2.45, 2.75) is 75.0 Å². The topological polar surface area (TPSA) is 45.2 Å². The van der Waals surface area contributed by atoms with E-state index in [9.17, 15) is 0 Å². The third kappa shape index (κ3) is 6.08. The summed E-state index contributed by atoms with van der Waals surface area (Å²) in [6, 6.07) is 80.7. The molecule has 5 nitrogen and oxygen atoms in total. The first-order valence-corrected chi connectivity index (χ1v) is 31.1. The van der Waals surface area contributed by atoms with E-state index in [0.29, 0.717) is 41.4 Å². The number of rotatable bonds is 7. The third-order valence-corrected chi connectivity index (χ3v) is 26.3. The van der Waals surface area contributed by atoms with Crippen LogP contribution in [0.1, 0.15) is 86.5 Å². The zero-order chi connectivity index (χ0) is 50.5. The fourth-order valence-electron chi connectivity index (χ4n) is 19.4. The van der Waals surface area contributed by atoms with Gasteiger partial charge in [-0.25, -0.2) is 0 Å². The molecule has 376 valence electrons. The van der Waals surface area contributed by atoms with Crippen molar-refractivity contribution in [3.63, 3.8) is 0 Å². The van der Waals surface area contributed by atoms with Crippen LogP contribution in [0.3, 0.4) is 0 Å². The summed E-state index contributed by atoms with van der Waals surface area (Å²) in [5.74, 6) is 7.87. The first-order valence-electron chi connectivity index (χ1n) is 29.1. The van der Waals surface area contributed by atoms with Crippen molar-refractivity contribution in [2.24, 2.45) is 47.3 Å². The zero-order valence-corrected chi connectivity index (χ0v) is 44.6. The van der Waals surface area contributed by atoms with Gasteiger partial charge in [-0.1, -0.05) is 188 Å². The van der Waals surface area contributed by atoms with Crippen LogP contribution in [0.4, 0.5) is 34.6 Å². The second-order valence-electron chi connectivity index (χ2n) is 24.7. The average molecular weight is 1010 g/mol. The fraction of sp³-hybridized carbons (Fsp3) is 0.282. The number of benzene rings is 8. The van der Waals surface area contributed by atoms with Crippen molar-refractivity contribution in [1.29, 1.82) is 0 Å². The summed E-state index contributed by atoms with van der Waals surface area (Å²) < 4.78 is 0. The molecule has 77 heavy (non-hydrogen) atoms. The molecule has 19 rings (SSSR count). The highest BCUT2D eigenvalue weighted by atomic mass is 28.3. The van der Waals surface area contributed by atoms with Crippen LogP contribution >= 0.6 is 0 Å². The van der Waals surface area contributed by atoms with E-state index < -0.39 is 8.07 Å². The van der Waals surface area contributed by atoms with E-state index in [1.54, 1.807) is 0 Å². The first kappa shape index (κ1) is 44.7. The summed E-state index contributed by atoms with van der Waals surface area (Å²) in [7, 11) is -3.08. The minimum Gasteiger partial charge on any atom is -0.278 e. The Morgan fingerprint density at radius 2 is 0.610 bits per heavy atom. The van der Waals surface area contributed by atoms with Gasteiger partial charge in [-0.3, -0.25) is 9.80 Å². The van der Waals surface area contributed by atoms with Gasteiger partial charge in [-0.15, -0.1) is 0 Å². The van der Waals surface area contributed by atoms with Crippen molar-refractivity contribution in [3.8, 4) is 11.4 Å². The number of anilines is 6. The molecule has 0 atom stereocenters. The molecule has 8 saturated carbocycles. The highest BCUT2D eigenvalue weighted by Gasteiger charge is 2.63. The van der Waals surface area contributed by atoms with Gasteiger partial charge >= 0.3 is 0 Å². The van der Waals surface area contributed by atoms with Gasteiger partial charge in [0.15, 0.2) is 13.9 Å². The lowest BCUT2D eigenvalue weighted by Crippen LogP contribution is -2.75. The van der Waals surface area contributed by atoms with Gasteiger partial charge in [0.25, 0.3) is 0 Å². The van der Waals surface area contributed by atoms with Crippen LogP contribution in [0, 0.1) is 47.3 Å². The Balaban J connectivity index is 0.947. The summed E-state index contributed by atoms with van der Waals surface area (Å²) >= 11 is 0. The average Bonchev–Trinajstić information content (AvgIpc) is 3.67. The van der Waals surface area contributed by atoms with Crippen molar-refractivity contribution < 1.29 is 0 Å². The lowest BCUT2D eigenvalue weighted by atomic mass is 9.41. The molecule has 8 aliphatic carbocycles. The monoisotopic (exact) mass is 1010 g/mol. The van der Waals surface area contributed by atoms with Gasteiger partial charge in [0.05, 0.1) is 22.7 Å². The smallest absolute Gasteiger partial charge is 0.240 e.